The third-order valence-electron chi connectivity index (χ3n) is 2.80. The molecule has 21 heavy (non-hydrogen) atoms. The third-order valence-corrected chi connectivity index (χ3v) is 4.05. The molecule has 0 fully saturated rings. The van der Waals surface area contributed by atoms with Crippen LogP contribution in [0.3, 0.4) is 0 Å². The van der Waals surface area contributed by atoms with Crippen molar-refractivity contribution < 1.29 is 18.3 Å². The molecule has 0 bridgehead atoms. The van der Waals surface area contributed by atoms with Crippen LogP contribution in [0.25, 0.3) is 0 Å². The number of nitrogens with one attached hydrogen (secondary N) is 1. The van der Waals surface area contributed by atoms with Gasteiger partial charge in [-0.2, -0.15) is 0 Å². The van der Waals surface area contributed by atoms with Crippen molar-refractivity contribution >= 4 is 21.7 Å². The fourth-order valence-electron chi connectivity index (χ4n) is 1.81. The third kappa shape index (κ3) is 4.03. The first kappa shape index (κ1) is 15.0. The van der Waals surface area contributed by atoms with Crippen molar-refractivity contribution in [1.82, 2.24) is 4.98 Å². The van der Waals surface area contributed by atoms with Crippen molar-refractivity contribution in [3.8, 4) is 0 Å². The number of benzene rings is 1. The van der Waals surface area contributed by atoms with Gasteiger partial charge in [0.1, 0.15) is 0 Å². The maximum absolute atomic E-state index is 12.1. The molecule has 0 amide bonds. The minimum absolute atomic E-state index is 0.0558. The van der Waals surface area contributed by atoms with Gasteiger partial charge in [-0.15, -0.1) is 0 Å². The summed E-state index contributed by atoms with van der Waals surface area (Å²) in [6, 6.07) is 9.10. The first-order chi connectivity index (χ1) is 9.87. The maximum atomic E-state index is 12.1. The topological polar surface area (TPSA) is 96.4 Å². The average molecular weight is 306 g/mol. The van der Waals surface area contributed by atoms with Gasteiger partial charge in [0, 0.05) is 6.20 Å². The van der Waals surface area contributed by atoms with Gasteiger partial charge in [0.15, 0.2) is 0 Å². The minimum Gasteiger partial charge on any atom is -0.478 e. The second kappa shape index (κ2) is 5.92. The van der Waals surface area contributed by atoms with Gasteiger partial charge in [0.25, 0.3) is 0 Å². The van der Waals surface area contributed by atoms with Crippen LogP contribution in [0.5, 0.6) is 0 Å². The molecule has 110 valence electrons. The van der Waals surface area contributed by atoms with E-state index in [0.717, 1.165) is 0 Å². The Morgan fingerprint density at radius 1 is 1.29 bits per heavy atom. The molecule has 0 saturated carbocycles. The largest absolute Gasteiger partial charge is 0.478 e. The summed E-state index contributed by atoms with van der Waals surface area (Å²) in [7, 11) is -3.64. The van der Waals surface area contributed by atoms with Gasteiger partial charge in [-0.1, -0.05) is 12.1 Å². The highest BCUT2D eigenvalue weighted by Gasteiger charge is 2.14. The number of hydrogen-bond donors (Lipinski definition) is 2. The summed E-state index contributed by atoms with van der Waals surface area (Å²) < 4.78 is 26.7. The maximum Gasteiger partial charge on any atom is 0.335 e. The van der Waals surface area contributed by atoms with E-state index in [4.69, 9.17) is 5.11 Å². The van der Waals surface area contributed by atoms with Gasteiger partial charge >= 0.3 is 5.97 Å². The van der Waals surface area contributed by atoms with Crippen LogP contribution in [0, 0.1) is 6.92 Å². The van der Waals surface area contributed by atoms with E-state index in [2.05, 4.69) is 9.71 Å². The Morgan fingerprint density at radius 3 is 2.71 bits per heavy atom. The van der Waals surface area contributed by atoms with E-state index < -0.39 is 16.0 Å². The van der Waals surface area contributed by atoms with E-state index >= 15 is 0 Å². The van der Waals surface area contributed by atoms with Gasteiger partial charge in [0.05, 0.1) is 22.7 Å². The van der Waals surface area contributed by atoms with Crippen LogP contribution < -0.4 is 4.72 Å². The van der Waals surface area contributed by atoms with Crippen LogP contribution in [0.15, 0.2) is 42.6 Å². The predicted molar refractivity (Wildman–Crippen MR) is 78.6 cm³/mol. The molecule has 1 aromatic heterocycles. The molecule has 0 aliphatic heterocycles. The average Bonchev–Trinajstić information content (AvgIpc) is 2.41. The molecule has 0 aliphatic rings. The molecule has 0 spiro atoms. The Bertz CT molecular complexity index is 772. The minimum atomic E-state index is -3.64. The first-order valence-corrected chi connectivity index (χ1v) is 7.77. The van der Waals surface area contributed by atoms with Crippen molar-refractivity contribution in [3.63, 3.8) is 0 Å². The lowest BCUT2D eigenvalue weighted by molar-refractivity contribution is 0.0696. The first-order valence-electron chi connectivity index (χ1n) is 6.12. The quantitative estimate of drug-likeness (QED) is 0.881. The Hall–Kier alpha value is -2.41. The molecule has 0 unspecified atom stereocenters. The number of aromatic carboxylic acids is 1. The van der Waals surface area contributed by atoms with E-state index in [0.29, 0.717) is 16.9 Å². The highest BCUT2D eigenvalue weighted by Crippen LogP contribution is 2.16. The van der Waals surface area contributed by atoms with Crippen molar-refractivity contribution in [3.05, 3.63) is 59.4 Å². The molecule has 2 aromatic rings. The number of carboxylic acid groups (broad SMARTS) is 1. The Kier molecular flexibility index (Phi) is 4.23. The van der Waals surface area contributed by atoms with Crippen molar-refractivity contribution in [2.75, 3.05) is 4.72 Å². The molecule has 0 atom stereocenters. The van der Waals surface area contributed by atoms with E-state index in [1.165, 1.54) is 18.2 Å². The number of sulfonamides is 1. The van der Waals surface area contributed by atoms with Crippen LogP contribution in [-0.2, 0) is 15.8 Å². The van der Waals surface area contributed by atoms with Crippen LogP contribution in [0.1, 0.15) is 21.6 Å². The number of hydrogen-bond acceptors (Lipinski definition) is 4. The fourth-order valence-corrected chi connectivity index (χ4v) is 3.05. The van der Waals surface area contributed by atoms with Gasteiger partial charge in [0.2, 0.25) is 10.0 Å². The van der Waals surface area contributed by atoms with Crippen LogP contribution in [0.2, 0.25) is 0 Å². The Morgan fingerprint density at radius 2 is 2.05 bits per heavy atom. The zero-order valence-corrected chi connectivity index (χ0v) is 12.1. The summed E-state index contributed by atoms with van der Waals surface area (Å²) in [6.45, 7) is 1.70. The summed E-state index contributed by atoms with van der Waals surface area (Å²) in [6.07, 6.45) is 1.57. The zero-order chi connectivity index (χ0) is 15.5. The summed E-state index contributed by atoms with van der Waals surface area (Å²) in [4.78, 5) is 14.9. The highest BCUT2D eigenvalue weighted by atomic mass is 32.2. The SMILES string of the molecule is Cc1ncccc1NS(=O)(=O)Cc1cccc(C(=O)O)c1. The number of carboxylic acids is 1. The van der Waals surface area contributed by atoms with E-state index in [1.807, 2.05) is 0 Å². The number of aromatic nitrogens is 1. The van der Waals surface area contributed by atoms with E-state index in [9.17, 15) is 13.2 Å². The molecule has 2 N–H and O–H groups in total. The molecule has 2 rings (SSSR count). The number of rotatable bonds is 5. The lowest BCUT2D eigenvalue weighted by atomic mass is 10.1. The Balaban J connectivity index is 2.20. The second-order valence-electron chi connectivity index (χ2n) is 4.50. The monoisotopic (exact) mass is 306 g/mol. The van der Waals surface area contributed by atoms with Gasteiger partial charge in [-0.05, 0) is 36.8 Å². The molecule has 1 heterocycles. The number of anilines is 1. The fraction of sp³-hybridized carbons (Fsp3) is 0.143. The molecule has 6 nitrogen and oxygen atoms in total. The number of pyridine rings is 1. The van der Waals surface area contributed by atoms with Gasteiger partial charge in [-0.25, -0.2) is 13.2 Å². The number of carbonyl (C=O) groups is 1. The van der Waals surface area contributed by atoms with Crippen molar-refractivity contribution in [2.45, 2.75) is 12.7 Å². The molecule has 0 saturated heterocycles. The van der Waals surface area contributed by atoms with Crippen LogP contribution in [0.4, 0.5) is 5.69 Å². The standard InChI is InChI=1S/C14H14N2O4S/c1-10-13(6-3-7-15-10)16-21(19,20)9-11-4-2-5-12(8-11)14(17)18/h2-8,16H,9H2,1H3,(H,17,18). The summed E-state index contributed by atoms with van der Waals surface area (Å²) >= 11 is 0. The molecular weight excluding hydrogens is 292 g/mol. The van der Waals surface area contributed by atoms with Crippen LogP contribution in [-0.4, -0.2) is 24.5 Å². The highest BCUT2D eigenvalue weighted by molar-refractivity contribution is 7.91. The normalized spacial score (nSPS) is 11.1. The van der Waals surface area contributed by atoms with Crippen molar-refractivity contribution in [2.24, 2.45) is 0 Å². The summed E-state index contributed by atoms with van der Waals surface area (Å²) in [5.74, 6) is -1.40. The van der Waals surface area contributed by atoms with Crippen LogP contribution >= 0.6 is 0 Å². The molecule has 1 aromatic carbocycles. The van der Waals surface area contributed by atoms with E-state index in [1.54, 1.807) is 31.3 Å². The number of nitrogens with zero attached hydrogens (tertiary/aromatic N) is 1. The molecular formula is C14H14N2O4S. The van der Waals surface area contributed by atoms with Gasteiger partial charge < -0.3 is 5.11 Å². The second-order valence-corrected chi connectivity index (χ2v) is 6.23. The summed E-state index contributed by atoms with van der Waals surface area (Å²) in [5.41, 5.74) is 1.44. The summed E-state index contributed by atoms with van der Waals surface area (Å²) in [5, 5.41) is 8.91. The molecule has 0 aliphatic carbocycles. The smallest absolute Gasteiger partial charge is 0.335 e. The predicted octanol–water partition coefficient (Wildman–Crippen LogP) is 2.03. The zero-order valence-electron chi connectivity index (χ0n) is 11.3. The lowest BCUT2D eigenvalue weighted by Crippen LogP contribution is -2.16. The molecule has 7 heteroatoms. The van der Waals surface area contributed by atoms with E-state index in [-0.39, 0.29) is 11.3 Å². The lowest BCUT2D eigenvalue weighted by Gasteiger charge is -2.10. The Labute approximate surface area is 122 Å². The van der Waals surface area contributed by atoms with Crippen molar-refractivity contribution in [1.29, 1.82) is 0 Å². The number of aryl methyl sites for hydroxylation is 1. The van der Waals surface area contributed by atoms with Gasteiger partial charge in [-0.3, -0.25) is 9.71 Å². The molecule has 0 radical (unpaired) electrons.